The van der Waals surface area contributed by atoms with Gasteiger partial charge in [0.1, 0.15) is 0 Å². The molecular formula is C10H14N2O4. The molecule has 1 rings (SSSR count). The number of hydrogen-bond acceptors (Lipinski definition) is 3. The van der Waals surface area contributed by atoms with Gasteiger partial charge in [-0.1, -0.05) is 6.92 Å². The third-order valence-electron chi connectivity index (χ3n) is 2.58. The molecule has 0 aromatic carbocycles. The number of aliphatic carboxylic acids is 1. The summed E-state index contributed by atoms with van der Waals surface area (Å²) in [6.07, 6.45) is 0. The lowest BCUT2D eigenvalue weighted by atomic mass is 10.2. The highest BCUT2D eigenvalue weighted by Crippen LogP contribution is 1.98. The maximum Gasteiger partial charge on any atom is 0.308 e. The number of nitrogens with zero attached hydrogens (tertiary/aromatic N) is 1. The molecule has 88 valence electrons. The molecule has 0 saturated heterocycles. The first-order valence-corrected chi connectivity index (χ1v) is 4.87. The Morgan fingerprint density at radius 1 is 1.38 bits per heavy atom. The third-order valence-corrected chi connectivity index (χ3v) is 2.58. The molecule has 0 spiro atoms. The van der Waals surface area contributed by atoms with Gasteiger partial charge in [-0.25, -0.2) is 4.68 Å². The number of carboxylic acid groups (broad SMARTS) is 1. The fraction of sp³-hybridized carbons (Fsp3) is 0.500. The molecule has 1 aromatic rings. The van der Waals surface area contributed by atoms with Crippen molar-refractivity contribution in [2.45, 2.75) is 27.3 Å². The van der Waals surface area contributed by atoms with E-state index >= 15 is 0 Å². The van der Waals surface area contributed by atoms with Crippen molar-refractivity contribution in [3.05, 3.63) is 31.8 Å². The van der Waals surface area contributed by atoms with Crippen molar-refractivity contribution in [1.82, 2.24) is 9.78 Å². The predicted molar refractivity (Wildman–Crippen MR) is 57.6 cm³/mol. The number of aromatic nitrogens is 2. The van der Waals surface area contributed by atoms with Crippen molar-refractivity contribution in [2.24, 2.45) is 5.92 Å². The zero-order valence-electron chi connectivity index (χ0n) is 9.40. The quantitative estimate of drug-likeness (QED) is 0.751. The summed E-state index contributed by atoms with van der Waals surface area (Å²) in [4.78, 5) is 33.7. The number of carbonyl (C=O) groups is 1. The molecule has 0 radical (unpaired) electrons. The molecule has 1 aromatic heterocycles. The van der Waals surface area contributed by atoms with E-state index in [4.69, 9.17) is 5.11 Å². The summed E-state index contributed by atoms with van der Waals surface area (Å²) < 4.78 is 1.05. The average Bonchev–Trinajstić information content (AvgIpc) is 2.22. The Balaban J connectivity index is 3.22. The highest BCUT2D eigenvalue weighted by molar-refractivity contribution is 5.69. The molecule has 0 aliphatic carbocycles. The summed E-state index contributed by atoms with van der Waals surface area (Å²) in [7, 11) is 0. The lowest BCUT2D eigenvalue weighted by molar-refractivity contribution is -0.141. The van der Waals surface area contributed by atoms with Gasteiger partial charge in [-0.2, -0.15) is 0 Å². The van der Waals surface area contributed by atoms with Crippen LogP contribution in [0.1, 0.15) is 18.1 Å². The van der Waals surface area contributed by atoms with E-state index in [2.05, 4.69) is 5.10 Å². The van der Waals surface area contributed by atoms with Crippen molar-refractivity contribution in [3.8, 4) is 0 Å². The maximum absolute atomic E-state index is 11.7. The van der Waals surface area contributed by atoms with Crippen LogP contribution in [-0.2, 0) is 11.3 Å². The molecule has 1 unspecified atom stereocenters. The van der Waals surface area contributed by atoms with Crippen LogP contribution in [-0.4, -0.2) is 20.9 Å². The molecule has 16 heavy (non-hydrogen) atoms. The number of H-pyrrole nitrogens is 1. The topological polar surface area (TPSA) is 92.2 Å². The number of aromatic amines is 1. The maximum atomic E-state index is 11.7. The van der Waals surface area contributed by atoms with Crippen LogP contribution in [0, 0.1) is 19.8 Å². The first-order valence-electron chi connectivity index (χ1n) is 4.87. The van der Waals surface area contributed by atoms with Crippen molar-refractivity contribution in [1.29, 1.82) is 0 Å². The average molecular weight is 226 g/mol. The normalized spacial score (nSPS) is 12.4. The smallest absolute Gasteiger partial charge is 0.308 e. The highest BCUT2D eigenvalue weighted by atomic mass is 16.4. The zero-order valence-corrected chi connectivity index (χ0v) is 9.40. The third kappa shape index (κ3) is 2.21. The zero-order chi connectivity index (χ0) is 12.5. The Labute approximate surface area is 91.5 Å². The number of rotatable bonds is 3. The van der Waals surface area contributed by atoms with Gasteiger partial charge in [0.05, 0.1) is 12.5 Å². The molecule has 6 heteroatoms. The molecule has 6 nitrogen and oxygen atoms in total. The highest BCUT2D eigenvalue weighted by Gasteiger charge is 2.14. The van der Waals surface area contributed by atoms with Gasteiger partial charge < -0.3 is 5.11 Å². The van der Waals surface area contributed by atoms with Crippen LogP contribution in [0.4, 0.5) is 0 Å². The minimum atomic E-state index is -1.01. The van der Waals surface area contributed by atoms with E-state index in [9.17, 15) is 14.4 Å². The van der Waals surface area contributed by atoms with Crippen LogP contribution in [0.2, 0.25) is 0 Å². The molecule has 0 bridgehead atoms. The molecule has 0 amide bonds. The Hall–Kier alpha value is -1.85. The van der Waals surface area contributed by atoms with Crippen molar-refractivity contribution < 1.29 is 9.90 Å². The number of nitrogens with one attached hydrogen (secondary N) is 1. The minimum absolute atomic E-state index is 0.0372. The standard InChI is InChI=1S/C10H14N2O4/c1-5(10(15)16)4-12-9(14)7(3)6(2)8(13)11-12/h5H,4H2,1-3H3,(H,11,13)(H,15,16). The second kappa shape index (κ2) is 4.34. The van der Waals surface area contributed by atoms with E-state index < -0.39 is 11.9 Å². The van der Waals surface area contributed by atoms with E-state index in [1.807, 2.05) is 0 Å². The van der Waals surface area contributed by atoms with Gasteiger partial charge in [0.2, 0.25) is 0 Å². The molecule has 0 saturated carbocycles. The summed E-state index contributed by atoms with van der Waals surface area (Å²) in [5.41, 5.74) is -0.00884. The number of carboxylic acids is 1. The molecular weight excluding hydrogens is 212 g/mol. The Morgan fingerprint density at radius 2 is 1.94 bits per heavy atom. The lowest BCUT2D eigenvalue weighted by Crippen LogP contribution is -2.35. The summed E-state index contributed by atoms with van der Waals surface area (Å²) in [6, 6.07) is 0. The van der Waals surface area contributed by atoms with Crippen LogP contribution in [0.3, 0.4) is 0 Å². The van der Waals surface area contributed by atoms with Crippen molar-refractivity contribution in [2.75, 3.05) is 0 Å². The summed E-state index contributed by atoms with van der Waals surface area (Å²) in [5.74, 6) is -1.73. The van der Waals surface area contributed by atoms with E-state index in [0.29, 0.717) is 11.1 Å². The second-order valence-electron chi connectivity index (χ2n) is 3.85. The lowest BCUT2D eigenvalue weighted by Gasteiger charge is -2.10. The Bertz CT molecular complexity index is 527. The van der Waals surface area contributed by atoms with Crippen LogP contribution in [0.5, 0.6) is 0 Å². The van der Waals surface area contributed by atoms with Gasteiger partial charge in [0.25, 0.3) is 11.1 Å². The minimum Gasteiger partial charge on any atom is -0.481 e. The van der Waals surface area contributed by atoms with Crippen LogP contribution in [0.25, 0.3) is 0 Å². The van der Waals surface area contributed by atoms with Gasteiger partial charge in [0.15, 0.2) is 0 Å². The largest absolute Gasteiger partial charge is 0.481 e. The second-order valence-corrected chi connectivity index (χ2v) is 3.85. The number of hydrogen-bond donors (Lipinski definition) is 2. The summed E-state index contributed by atoms with van der Waals surface area (Å²) in [5, 5.41) is 11.1. The fourth-order valence-corrected chi connectivity index (χ4v) is 1.27. The van der Waals surface area contributed by atoms with Crippen molar-refractivity contribution in [3.63, 3.8) is 0 Å². The summed E-state index contributed by atoms with van der Waals surface area (Å²) >= 11 is 0. The van der Waals surface area contributed by atoms with Crippen LogP contribution < -0.4 is 11.1 Å². The van der Waals surface area contributed by atoms with Crippen LogP contribution in [0.15, 0.2) is 9.59 Å². The van der Waals surface area contributed by atoms with E-state index in [1.54, 1.807) is 13.8 Å². The van der Waals surface area contributed by atoms with Gasteiger partial charge >= 0.3 is 5.97 Å². The molecule has 0 fully saturated rings. The molecule has 0 aliphatic rings. The van der Waals surface area contributed by atoms with Gasteiger partial charge in [0, 0.05) is 11.1 Å². The molecule has 0 aliphatic heterocycles. The van der Waals surface area contributed by atoms with E-state index in [1.165, 1.54) is 6.92 Å². The first kappa shape index (κ1) is 12.2. The fourth-order valence-electron chi connectivity index (χ4n) is 1.27. The van der Waals surface area contributed by atoms with Gasteiger partial charge in [-0.15, -0.1) is 0 Å². The van der Waals surface area contributed by atoms with Gasteiger partial charge in [-0.3, -0.25) is 19.5 Å². The van der Waals surface area contributed by atoms with E-state index in [-0.39, 0.29) is 17.7 Å². The molecule has 2 N–H and O–H groups in total. The first-order chi connectivity index (χ1) is 7.34. The Kier molecular flexibility index (Phi) is 3.31. The Morgan fingerprint density at radius 3 is 2.44 bits per heavy atom. The van der Waals surface area contributed by atoms with Crippen molar-refractivity contribution >= 4 is 5.97 Å². The molecule has 1 heterocycles. The van der Waals surface area contributed by atoms with Gasteiger partial charge in [-0.05, 0) is 13.8 Å². The van der Waals surface area contributed by atoms with Crippen LogP contribution >= 0.6 is 0 Å². The molecule has 1 atom stereocenters. The SMILES string of the molecule is Cc1c(C)c(=O)n(CC(C)C(=O)O)[nH]c1=O. The monoisotopic (exact) mass is 226 g/mol. The summed E-state index contributed by atoms with van der Waals surface area (Å²) in [6.45, 7) is 4.54. The van der Waals surface area contributed by atoms with E-state index in [0.717, 1.165) is 4.68 Å². The predicted octanol–water partition coefficient (Wildman–Crippen LogP) is -0.126.